The Bertz CT molecular complexity index is 1040. The van der Waals surface area contributed by atoms with Crippen molar-refractivity contribution in [2.45, 2.75) is 31.2 Å². The number of halogens is 3. The van der Waals surface area contributed by atoms with Crippen LogP contribution in [0.4, 0.5) is 13.2 Å². The number of hydrogen-bond donors (Lipinski definition) is 0. The molecule has 174 valence electrons. The van der Waals surface area contributed by atoms with E-state index in [4.69, 9.17) is 0 Å². The number of rotatable bonds is 5. The summed E-state index contributed by atoms with van der Waals surface area (Å²) >= 11 is 0. The summed E-state index contributed by atoms with van der Waals surface area (Å²) in [6, 6.07) is 32.3. The monoisotopic (exact) mass is 492 g/mol. The van der Waals surface area contributed by atoms with E-state index in [-0.39, 0.29) is 12.2 Å². The quantitative estimate of drug-likeness (QED) is 0.259. The highest BCUT2D eigenvalue weighted by molar-refractivity contribution is 7.87. The molecule has 0 fully saturated rings. The van der Waals surface area contributed by atoms with Crippen molar-refractivity contribution >= 4 is 34.0 Å². The molecule has 0 N–H and O–H groups in total. The van der Waals surface area contributed by atoms with E-state index < -0.39 is 23.5 Å². The molecule has 0 unspecified atom stereocenters. The van der Waals surface area contributed by atoms with E-state index >= 15 is 0 Å². The Balaban J connectivity index is 0.000000196. The average molecular weight is 492 g/mol. The largest absolute Gasteiger partial charge is 0.534 e. The lowest BCUT2D eigenvalue weighted by Gasteiger charge is -2.18. The van der Waals surface area contributed by atoms with Crippen LogP contribution in [0.3, 0.4) is 0 Å². The number of allylic oxidation sites excluding steroid dienone is 2. The van der Waals surface area contributed by atoms with Gasteiger partial charge in [0.1, 0.15) is 5.76 Å². The van der Waals surface area contributed by atoms with Crippen molar-refractivity contribution in [1.29, 1.82) is 0 Å². The zero-order valence-corrected chi connectivity index (χ0v) is 19.5. The predicted molar refractivity (Wildman–Crippen MR) is 128 cm³/mol. The van der Waals surface area contributed by atoms with Crippen LogP contribution in [-0.4, -0.2) is 13.9 Å². The molecular weight excluding hydrogens is 468 g/mol. The molecular formula is C25H24F3O3PS. The fourth-order valence-electron chi connectivity index (χ4n) is 3.25. The van der Waals surface area contributed by atoms with Gasteiger partial charge >= 0.3 is 15.6 Å². The molecule has 0 spiro atoms. The number of hydrogen-bond acceptors (Lipinski definition) is 3. The van der Waals surface area contributed by atoms with Gasteiger partial charge in [0.15, 0.2) is 0 Å². The fourth-order valence-corrected chi connectivity index (χ4v) is 6.08. The highest BCUT2D eigenvalue weighted by atomic mass is 32.2. The van der Waals surface area contributed by atoms with E-state index in [9.17, 15) is 21.6 Å². The van der Waals surface area contributed by atoms with Gasteiger partial charge in [-0.2, -0.15) is 21.6 Å². The fraction of sp³-hybridized carbons (Fsp3) is 0.200. The first-order chi connectivity index (χ1) is 15.8. The van der Waals surface area contributed by atoms with Crippen LogP contribution in [0.25, 0.3) is 0 Å². The molecule has 0 radical (unpaired) electrons. The molecule has 8 heteroatoms. The van der Waals surface area contributed by atoms with E-state index in [1.165, 1.54) is 22.0 Å². The van der Waals surface area contributed by atoms with Gasteiger partial charge in [-0.05, 0) is 49.2 Å². The Labute approximate surface area is 193 Å². The van der Waals surface area contributed by atoms with Gasteiger partial charge in [-0.3, -0.25) is 0 Å². The standard InChI is InChI=1S/C18H15P.C7H9F3O3S/c1-4-10-16(11-5-1)19(17-12-6-2-7-13-17)18-14-8-3-9-15-18;8-7(9,10)14(11,12)13-6-4-2-1-3-5-6/h1-15H;4H,1-3,5H2. The first-order valence-corrected chi connectivity index (χ1v) is 13.2. The highest BCUT2D eigenvalue weighted by Gasteiger charge is 2.48. The minimum atomic E-state index is -5.47. The van der Waals surface area contributed by atoms with Crippen LogP contribution in [0.1, 0.15) is 25.7 Å². The van der Waals surface area contributed by atoms with Crippen LogP contribution in [0.15, 0.2) is 103 Å². The summed E-state index contributed by atoms with van der Waals surface area (Å²) in [4.78, 5) is 0. The van der Waals surface area contributed by atoms with Gasteiger partial charge in [0.05, 0.1) is 0 Å². The summed E-state index contributed by atoms with van der Waals surface area (Å²) < 4.78 is 60.6. The summed E-state index contributed by atoms with van der Waals surface area (Å²) in [5.74, 6) is -0.103. The van der Waals surface area contributed by atoms with Gasteiger partial charge < -0.3 is 4.18 Å². The molecule has 0 aromatic heterocycles. The lowest BCUT2D eigenvalue weighted by Crippen LogP contribution is -2.25. The van der Waals surface area contributed by atoms with Gasteiger partial charge in [0.25, 0.3) is 0 Å². The third-order valence-corrected chi connectivity index (χ3v) is 8.24. The lowest BCUT2D eigenvalue weighted by atomic mass is 10.1. The van der Waals surface area contributed by atoms with Crippen molar-refractivity contribution in [2.75, 3.05) is 0 Å². The number of benzene rings is 3. The van der Waals surface area contributed by atoms with Crippen molar-refractivity contribution in [2.24, 2.45) is 0 Å². The molecule has 1 aliphatic carbocycles. The maximum absolute atomic E-state index is 11.8. The van der Waals surface area contributed by atoms with Gasteiger partial charge in [-0.1, -0.05) is 91.0 Å². The first-order valence-electron chi connectivity index (χ1n) is 10.4. The summed E-state index contributed by atoms with van der Waals surface area (Å²) in [6.07, 6.45) is 3.68. The minimum absolute atomic E-state index is 0.103. The molecule has 0 saturated carbocycles. The molecule has 0 amide bonds. The third kappa shape index (κ3) is 7.18. The third-order valence-electron chi connectivity index (χ3n) is 4.79. The Kier molecular flexibility index (Phi) is 8.70. The zero-order valence-electron chi connectivity index (χ0n) is 17.8. The molecule has 33 heavy (non-hydrogen) atoms. The number of alkyl halides is 3. The highest BCUT2D eigenvalue weighted by Crippen LogP contribution is 2.32. The second kappa shape index (κ2) is 11.5. The Morgan fingerprint density at radius 3 is 1.45 bits per heavy atom. The maximum Gasteiger partial charge on any atom is 0.534 e. The maximum atomic E-state index is 11.8. The van der Waals surface area contributed by atoms with E-state index in [1.807, 2.05) is 0 Å². The van der Waals surface area contributed by atoms with Gasteiger partial charge in [0, 0.05) is 6.42 Å². The topological polar surface area (TPSA) is 43.4 Å². The van der Waals surface area contributed by atoms with E-state index in [0.29, 0.717) is 12.8 Å². The van der Waals surface area contributed by atoms with Crippen molar-refractivity contribution in [1.82, 2.24) is 0 Å². The second-order valence-corrected chi connectivity index (χ2v) is 11.0. The molecule has 3 aromatic carbocycles. The smallest absolute Gasteiger partial charge is 0.381 e. The van der Waals surface area contributed by atoms with E-state index in [0.717, 1.165) is 6.42 Å². The van der Waals surface area contributed by atoms with E-state index in [1.54, 1.807) is 0 Å². The van der Waals surface area contributed by atoms with Crippen LogP contribution < -0.4 is 15.9 Å². The molecule has 0 heterocycles. The first kappa shape index (κ1) is 25.0. The summed E-state index contributed by atoms with van der Waals surface area (Å²) in [6.45, 7) is 0. The van der Waals surface area contributed by atoms with Gasteiger partial charge in [-0.15, -0.1) is 0 Å². The Morgan fingerprint density at radius 2 is 1.12 bits per heavy atom. The Hall–Kier alpha value is -2.63. The molecule has 4 rings (SSSR count). The minimum Gasteiger partial charge on any atom is -0.381 e. The molecule has 1 aliphatic rings. The van der Waals surface area contributed by atoms with Gasteiger partial charge in [-0.25, -0.2) is 0 Å². The SMILES string of the molecule is O=S(=O)(OC1=CCCCC1)C(F)(F)F.c1ccc(P(c2ccccc2)c2ccccc2)cc1. The zero-order chi connectivity index (χ0) is 23.7. The summed E-state index contributed by atoms with van der Waals surface area (Å²) in [7, 11) is -5.91. The molecule has 0 aliphatic heterocycles. The molecule has 3 aromatic rings. The molecule has 3 nitrogen and oxygen atoms in total. The van der Waals surface area contributed by atoms with Crippen LogP contribution >= 0.6 is 7.92 Å². The summed E-state index contributed by atoms with van der Waals surface area (Å²) in [5.41, 5.74) is -5.34. The van der Waals surface area contributed by atoms with Gasteiger partial charge in [0.2, 0.25) is 0 Å². The molecule has 0 saturated heterocycles. The summed E-state index contributed by atoms with van der Waals surface area (Å²) in [5, 5.41) is 4.19. The molecule has 0 atom stereocenters. The van der Waals surface area contributed by atoms with Crippen molar-refractivity contribution in [3.63, 3.8) is 0 Å². The van der Waals surface area contributed by atoms with Crippen LogP contribution in [0.2, 0.25) is 0 Å². The van der Waals surface area contributed by atoms with Crippen molar-refractivity contribution in [3.05, 3.63) is 103 Å². The second-order valence-electron chi connectivity index (χ2n) is 7.24. The average Bonchev–Trinajstić information content (AvgIpc) is 2.82. The predicted octanol–water partition coefficient (Wildman–Crippen LogP) is 5.76. The van der Waals surface area contributed by atoms with Crippen LogP contribution in [0.5, 0.6) is 0 Å². The van der Waals surface area contributed by atoms with Crippen molar-refractivity contribution < 1.29 is 25.8 Å². The Morgan fingerprint density at radius 1 is 0.697 bits per heavy atom. The van der Waals surface area contributed by atoms with Crippen molar-refractivity contribution in [3.8, 4) is 0 Å². The van der Waals surface area contributed by atoms with E-state index in [2.05, 4.69) is 95.2 Å². The normalized spacial score (nSPS) is 14.1. The van der Waals surface area contributed by atoms with Crippen LogP contribution in [0, 0.1) is 0 Å². The lowest BCUT2D eigenvalue weighted by molar-refractivity contribution is -0.0524. The molecule has 0 bridgehead atoms. The van der Waals surface area contributed by atoms with Crippen LogP contribution in [-0.2, 0) is 14.3 Å².